The van der Waals surface area contributed by atoms with E-state index in [9.17, 15) is 19.1 Å². The van der Waals surface area contributed by atoms with Crippen LogP contribution in [-0.4, -0.2) is 23.5 Å². The maximum atomic E-state index is 12.5. The van der Waals surface area contributed by atoms with E-state index in [0.717, 1.165) is 49.8 Å². The van der Waals surface area contributed by atoms with Gasteiger partial charge in [-0.1, -0.05) is 88.6 Å². The largest absolute Gasteiger partial charge is 0.790 e. The predicted molar refractivity (Wildman–Crippen MR) is 176 cm³/mol. The van der Waals surface area contributed by atoms with Crippen molar-refractivity contribution in [3.8, 4) is 5.75 Å². The molecule has 1 heterocycles. The Morgan fingerprint density at radius 1 is 0.886 bits per heavy atom. The van der Waals surface area contributed by atoms with Gasteiger partial charge < -0.3 is 41.2 Å². The average molecular weight is 637 g/mol. The molecule has 1 amide bonds. The molecular formula is C33H57N4O6P. The number of nitrogens with zero attached hydrogens (tertiary/aromatic N) is 1. The second-order valence-electron chi connectivity index (χ2n) is 10.8. The highest BCUT2D eigenvalue weighted by Gasteiger charge is 2.15. The number of allylic oxidation sites excluding steroid dienone is 2. The average Bonchev–Trinajstić information content (AvgIpc) is 2.97. The molecule has 1 aromatic heterocycles. The number of nitrogens with one attached hydrogen (secondary N) is 1. The fourth-order valence-electron chi connectivity index (χ4n) is 4.64. The number of phosphoric acid groups is 1. The third kappa shape index (κ3) is 22.0. The van der Waals surface area contributed by atoms with E-state index >= 15 is 0 Å². The number of unbranched alkanes of at least 4 members (excludes halogenated alkanes) is 11. The van der Waals surface area contributed by atoms with Gasteiger partial charge in [0.2, 0.25) is 5.91 Å². The Morgan fingerprint density at radius 2 is 1.50 bits per heavy atom. The van der Waals surface area contributed by atoms with Gasteiger partial charge in [0.1, 0.15) is 12.4 Å². The van der Waals surface area contributed by atoms with Crippen LogP contribution in [0.25, 0.3) is 0 Å². The molecule has 2 aromatic rings. The first kappa shape index (κ1) is 41.4. The second kappa shape index (κ2) is 25.7. The number of pyridine rings is 1. The highest BCUT2D eigenvalue weighted by molar-refractivity contribution is 7.43. The van der Waals surface area contributed by atoms with Gasteiger partial charge in [0, 0.05) is 12.6 Å². The van der Waals surface area contributed by atoms with E-state index < -0.39 is 20.5 Å². The van der Waals surface area contributed by atoms with Gasteiger partial charge >= 0.3 is 0 Å². The van der Waals surface area contributed by atoms with Gasteiger partial charge in [0.15, 0.2) is 0 Å². The van der Waals surface area contributed by atoms with Gasteiger partial charge in [0.05, 0.1) is 26.2 Å². The van der Waals surface area contributed by atoms with Gasteiger partial charge in [-0.2, -0.15) is 0 Å². The first-order chi connectivity index (χ1) is 20.4. The number of quaternary nitrogens is 2. The zero-order valence-corrected chi connectivity index (χ0v) is 28.1. The second-order valence-corrected chi connectivity index (χ2v) is 12.0. The van der Waals surface area contributed by atoms with Crippen molar-refractivity contribution in [1.29, 1.82) is 0 Å². The van der Waals surface area contributed by atoms with Crippen molar-refractivity contribution < 1.29 is 28.4 Å². The quantitative estimate of drug-likeness (QED) is 0.0609. The summed E-state index contributed by atoms with van der Waals surface area (Å²) in [4.78, 5) is 38.9. The van der Waals surface area contributed by atoms with Crippen LogP contribution in [-0.2, 0) is 26.9 Å². The van der Waals surface area contributed by atoms with Crippen LogP contribution in [0.3, 0.4) is 0 Å². The van der Waals surface area contributed by atoms with Gasteiger partial charge in [-0.15, -0.1) is 0 Å². The van der Waals surface area contributed by atoms with Crippen molar-refractivity contribution in [1.82, 2.24) is 22.6 Å². The van der Waals surface area contributed by atoms with Crippen LogP contribution in [0.1, 0.15) is 108 Å². The van der Waals surface area contributed by atoms with Gasteiger partial charge in [-0.05, 0) is 68.4 Å². The molecule has 0 bridgehead atoms. The van der Waals surface area contributed by atoms with Crippen LogP contribution in [0.4, 0.5) is 0 Å². The van der Waals surface area contributed by atoms with E-state index in [1.54, 1.807) is 18.3 Å². The standard InChI is InChI=1S/C33H51N2O6P.2H3N/c1-2-3-4-5-6-7-8-9-10-11-12-13-14-15-16-20-33(36)35-31(28-41-42(37,38)39)26-29-21-23-32(24-22-29)40-27-30-19-17-18-25-34-30;;/h9-10,17-19,21-25,31H,2-8,11-16,20,26-28H2,1H3,(H,35,36)(H2,37,38,39);2*1H3/b10-9-;;/t31-;;/m1../s1. The molecule has 0 unspecified atom stereocenters. The van der Waals surface area contributed by atoms with Crippen LogP contribution in [0, 0.1) is 0 Å². The topological polar surface area (TPSA) is 197 Å². The van der Waals surface area contributed by atoms with Crippen LogP contribution in [0.2, 0.25) is 0 Å². The van der Waals surface area contributed by atoms with Crippen LogP contribution in [0.5, 0.6) is 5.75 Å². The summed E-state index contributed by atoms with van der Waals surface area (Å²) < 4.78 is 21.3. The van der Waals surface area contributed by atoms with E-state index in [1.807, 2.05) is 30.3 Å². The molecule has 10 nitrogen and oxygen atoms in total. The third-order valence-corrected chi connectivity index (χ3v) is 7.45. The number of ether oxygens (including phenoxy) is 1. The SMILES string of the molecule is CCCCCCCC/C=C\CCCCCCCC(=O)N[C@@H](COP(=O)([O-])[O-])Cc1ccc(OCc2ccccn2)cc1.[NH4+].[NH4+]. The lowest BCUT2D eigenvalue weighted by Gasteiger charge is -2.31. The highest BCUT2D eigenvalue weighted by atomic mass is 31.2. The number of hydrogen-bond donors (Lipinski definition) is 3. The minimum atomic E-state index is -5.15. The smallest absolute Gasteiger partial charge is 0.220 e. The molecule has 11 heteroatoms. The zero-order chi connectivity index (χ0) is 30.3. The number of hydrogen-bond acceptors (Lipinski definition) is 7. The van der Waals surface area contributed by atoms with Crippen LogP contribution in [0.15, 0.2) is 60.8 Å². The van der Waals surface area contributed by atoms with Crippen molar-refractivity contribution in [2.75, 3.05) is 6.61 Å². The van der Waals surface area contributed by atoms with Crippen molar-refractivity contribution in [2.45, 2.75) is 116 Å². The van der Waals surface area contributed by atoms with E-state index in [0.29, 0.717) is 25.2 Å². The minimum absolute atomic E-state index is 0. The Labute approximate surface area is 264 Å². The molecule has 1 aromatic carbocycles. The molecule has 0 radical (unpaired) electrons. The number of amides is 1. The van der Waals surface area contributed by atoms with E-state index in [1.165, 1.54) is 44.9 Å². The maximum Gasteiger partial charge on any atom is 0.220 e. The Hall–Kier alpha value is -2.59. The molecule has 0 fully saturated rings. The molecule has 2 rings (SSSR count). The molecule has 0 aliphatic heterocycles. The lowest BCUT2D eigenvalue weighted by atomic mass is 10.1. The number of rotatable bonds is 24. The molecule has 0 aliphatic rings. The third-order valence-electron chi connectivity index (χ3n) is 6.98. The summed E-state index contributed by atoms with van der Waals surface area (Å²) in [6.45, 7) is 2.18. The molecule has 0 aliphatic carbocycles. The molecule has 0 saturated carbocycles. The Morgan fingerprint density at radius 3 is 2.09 bits per heavy atom. The van der Waals surface area contributed by atoms with Gasteiger partial charge in [-0.3, -0.25) is 9.78 Å². The fraction of sp³-hybridized carbons (Fsp3) is 0.576. The monoisotopic (exact) mass is 636 g/mol. The number of carbonyl (C=O) groups is 1. The summed E-state index contributed by atoms with van der Waals surface area (Å²) in [5, 5.41) is 2.84. The van der Waals surface area contributed by atoms with Crippen LogP contribution < -0.4 is 32.1 Å². The lowest BCUT2D eigenvalue weighted by Crippen LogP contribution is -2.40. The molecular weight excluding hydrogens is 579 g/mol. The van der Waals surface area contributed by atoms with Crippen molar-refractivity contribution in [2.24, 2.45) is 0 Å². The summed E-state index contributed by atoms with van der Waals surface area (Å²) in [6.07, 6.45) is 22.4. The van der Waals surface area contributed by atoms with E-state index in [4.69, 9.17) is 4.74 Å². The molecule has 9 N–H and O–H groups in total. The molecule has 0 spiro atoms. The predicted octanol–water partition coefficient (Wildman–Crippen LogP) is 7.32. The number of carbonyl (C=O) groups excluding carboxylic acids is 1. The Balaban J connectivity index is 0.00000924. The first-order valence-electron chi connectivity index (χ1n) is 15.6. The fourth-order valence-corrected chi connectivity index (χ4v) is 5.00. The molecule has 0 saturated heterocycles. The number of benzene rings is 1. The zero-order valence-electron chi connectivity index (χ0n) is 27.2. The highest BCUT2D eigenvalue weighted by Crippen LogP contribution is 2.25. The lowest BCUT2D eigenvalue weighted by molar-refractivity contribution is -0.342. The van der Waals surface area contributed by atoms with Crippen LogP contribution >= 0.6 is 7.82 Å². The van der Waals surface area contributed by atoms with E-state index in [-0.39, 0.29) is 18.2 Å². The summed E-state index contributed by atoms with van der Waals surface area (Å²) >= 11 is 0. The Bertz CT molecular complexity index is 1050. The van der Waals surface area contributed by atoms with Gasteiger partial charge in [-0.25, -0.2) is 0 Å². The normalized spacial score (nSPS) is 11.9. The Kier molecular flexibility index (Phi) is 24.2. The van der Waals surface area contributed by atoms with Crippen molar-refractivity contribution >= 4 is 13.7 Å². The summed E-state index contributed by atoms with van der Waals surface area (Å²) in [7, 11) is -5.15. The molecule has 44 heavy (non-hydrogen) atoms. The summed E-state index contributed by atoms with van der Waals surface area (Å²) in [5.74, 6) is 0.484. The first-order valence-corrected chi connectivity index (χ1v) is 17.0. The summed E-state index contributed by atoms with van der Waals surface area (Å²) in [6, 6.07) is 12.3. The van der Waals surface area contributed by atoms with E-state index in [2.05, 4.69) is 33.9 Å². The van der Waals surface area contributed by atoms with Crippen molar-refractivity contribution in [3.63, 3.8) is 0 Å². The molecule has 250 valence electrons. The minimum Gasteiger partial charge on any atom is -0.790 e. The number of aromatic nitrogens is 1. The number of phosphoric ester groups is 1. The molecule has 1 atom stereocenters. The summed E-state index contributed by atoms with van der Waals surface area (Å²) in [5.41, 5.74) is 1.66. The van der Waals surface area contributed by atoms with Crippen molar-refractivity contribution in [3.05, 3.63) is 72.1 Å². The van der Waals surface area contributed by atoms with Gasteiger partial charge in [0.25, 0.3) is 0 Å². The maximum absolute atomic E-state index is 12.5.